The monoisotopic (exact) mass is 360 g/mol. The molecule has 2 aromatic heterocycles. The van der Waals surface area contributed by atoms with Crippen molar-refractivity contribution in [2.75, 3.05) is 18.5 Å². The van der Waals surface area contributed by atoms with Gasteiger partial charge in [-0.05, 0) is 31.0 Å². The van der Waals surface area contributed by atoms with Crippen LogP contribution in [0.5, 0.6) is 0 Å². The van der Waals surface area contributed by atoms with Crippen molar-refractivity contribution in [1.29, 1.82) is 0 Å². The number of aryl methyl sites for hydroxylation is 1. The molecular formula is C17H17FN4O4. The van der Waals surface area contributed by atoms with Gasteiger partial charge in [0.25, 0.3) is 0 Å². The summed E-state index contributed by atoms with van der Waals surface area (Å²) in [5.74, 6) is -1.26. The molecule has 0 aliphatic carbocycles. The van der Waals surface area contributed by atoms with Crippen LogP contribution in [0, 0.1) is 12.7 Å². The van der Waals surface area contributed by atoms with E-state index in [2.05, 4.69) is 20.8 Å². The molecule has 1 aromatic carbocycles. The summed E-state index contributed by atoms with van der Waals surface area (Å²) in [4.78, 5) is 25.2. The van der Waals surface area contributed by atoms with E-state index in [0.717, 1.165) is 5.56 Å². The summed E-state index contributed by atoms with van der Waals surface area (Å²) in [6.07, 6.45) is 3.11. The summed E-state index contributed by atoms with van der Waals surface area (Å²) < 4.78 is 19.7. The number of halogens is 1. The number of rotatable bonds is 7. The molecule has 1 amide bonds. The van der Waals surface area contributed by atoms with Gasteiger partial charge in [0.2, 0.25) is 11.5 Å². The highest BCUT2D eigenvalue weighted by molar-refractivity contribution is 6.06. The third kappa shape index (κ3) is 3.79. The minimum Gasteiger partial charge on any atom is -0.430 e. The van der Waals surface area contributed by atoms with Gasteiger partial charge in [0.15, 0.2) is 0 Å². The van der Waals surface area contributed by atoms with Gasteiger partial charge < -0.3 is 14.8 Å². The van der Waals surface area contributed by atoms with E-state index in [0.29, 0.717) is 11.8 Å². The number of anilines is 2. The van der Waals surface area contributed by atoms with E-state index in [4.69, 9.17) is 14.4 Å². The predicted octanol–water partition coefficient (Wildman–Crippen LogP) is 2.46. The Balaban J connectivity index is 1.93. The second-order valence-corrected chi connectivity index (χ2v) is 5.51. The first-order valence-electron chi connectivity index (χ1n) is 7.89. The van der Waals surface area contributed by atoms with Crippen LogP contribution in [0.3, 0.4) is 0 Å². The van der Waals surface area contributed by atoms with E-state index in [1.54, 1.807) is 19.1 Å². The minimum atomic E-state index is -0.670. The molecule has 26 heavy (non-hydrogen) atoms. The molecular weight excluding hydrogens is 343 g/mol. The van der Waals surface area contributed by atoms with Gasteiger partial charge in [0.05, 0.1) is 17.7 Å². The number of aliphatic hydroxyl groups excluding tert-OH is 1. The molecule has 0 aliphatic rings. The molecule has 0 fully saturated rings. The zero-order valence-corrected chi connectivity index (χ0v) is 14.0. The van der Waals surface area contributed by atoms with Gasteiger partial charge in [0, 0.05) is 12.8 Å². The number of furan rings is 1. The largest absolute Gasteiger partial charge is 0.430 e. The van der Waals surface area contributed by atoms with E-state index < -0.39 is 11.7 Å². The molecule has 3 aromatic rings. The van der Waals surface area contributed by atoms with Crippen molar-refractivity contribution >= 4 is 28.4 Å². The average molecular weight is 360 g/mol. The van der Waals surface area contributed by atoms with E-state index in [9.17, 15) is 9.18 Å². The van der Waals surface area contributed by atoms with E-state index in [-0.39, 0.29) is 36.1 Å². The number of carbonyl (C=O) groups excluding carboxylic acids is 1. The average Bonchev–Trinajstić information content (AvgIpc) is 3.00. The number of nitrogens with zero attached hydrogens (tertiary/aromatic N) is 2. The fourth-order valence-corrected chi connectivity index (χ4v) is 2.28. The summed E-state index contributed by atoms with van der Waals surface area (Å²) in [7, 11) is 0. The number of aromatic nitrogens is 2. The molecule has 9 heteroatoms. The Kier molecular flexibility index (Phi) is 5.40. The Morgan fingerprint density at radius 2 is 2.27 bits per heavy atom. The molecule has 136 valence electrons. The SMILES string of the molecule is Cc1ccc(Nc2c(C(=O)NOCCCO)oc3ncncc23)c(F)c1. The number of amides is 1. The van der Waals surface area contributed by atoms with Crippen LogP contribution < -0.4 is 10.8 Å². The summed E-state index contributed by atoms with van der Waals surface area (Å²) >= 11 is 0. The molecule has 0 spiro atoms. The Morgan fingerprint density at radius 3 is 3.04 bits per heavy atom. The predicted molar refractivity (Wildman–Crippen MR) is 91.3 cm³/mol. The Morgan fingerprint density at radius 1 is 1.42 bits per heavy atom. The molecule has 0 atom stereocenters. The molecule has 2 heterocycles. The quantitative estimate of drug-likeness (QED) is 0.438. The maximum Gasteiger partial charge on any atom is 0.312 e. The standard InChI is InChI=1S/C17H17FN4O4/c1-10-3-4-13(12(18)7-10)21-14-11-8-19-9-20-17(11)26-15(14)16(24)22-25-6-2-5-23/h3-4,7-9,21,23H,2,5-6H2,1H3,(H,22,24). The molecule has 0 bridgehead atoms. The molecule has 0 saturated heterocycles. The van der Waals surface area contributed by atoms with E-state index in [1.165, 1.54) is 18.6 Å². The normalized spacial score (nSPS) is 10.9. The van der Waals surface area contributed by atoms with Crippen LogP contribution in [0.2, 0.25) is 0 Å². The zero-order chi connectivity index (χ0) is 18.5. The molecule has 0 radical (unpaired) electrons. The first kappa shape index (κ1) is 17.8. The molecule has 8 nitrogen and oxygen atoms in total. The van der Waals surface area contributed by atoms with Gasteiger partial charge in [-0.3, -0.25) is 9.63 Å². The van der Waals surface area contributed by atoms with Crippen molar-refractivity contribution in [3.63, 3.8) is 0 Å². The van der Waals surface area contributed by atoms with Crippen molar-refractivity contribution < 1.29 is 23.5 Å². The van der Waals surface area contributed by atoms with Crippen LogP contribution in [0.15, 0.2) is 35.1 Å². The summed E-state index contributed by atoms with van der Waals surface area (Å²) in [6.45, 7) is 1.85. The fourth-order valence-electron chi connectivity index (χ4n) is 2.28. The lowest BCUT2D eigenvalue weighted by Gasteiger charge is -2.09. The van der Waals surface area contributed by atoms with Crippen LogP contribution in [0.25, 0.3) is 11.1 Å². The van der Waals surface area contributed by atoms with Crippen molar-refractivity contribution in [3.05, 3.63) is 47.9 Å². The van der Waals surface area contributed by atoms with Crippen molar-refractivity contribution in [2.24, 2.45) is 0 Å². The van der Waals surface area contributed by atoms with Gasteiger partial charge in [0.1, 0.15) is 17.8 Å². The number of benzene rings is 1. The zero-order valence-electron chi connectivity index (χ0n) is 14.0. The van der Waals surface area contributed by atoms with Crippen LogP contribution >= 0.6 is 0 Å². The fraction of sp³-hybridized carbons (Fsp3) is 0.235. The number of hydroxylamine groups is 1. The number of hydrogen-bond donors (Lipinski definition) is 3. The van der Waals surface area contributed by atoms with E-state index in [1.807, 2.05) is 0 Å². The molecule has 0 saturated carbocycles. The number of carbonyl (C=O) groups is 1. The molecule has 3 rings (SSSR count). The summed E-state index contributed by atoms with van der Waals surface area (Å²) in [6, 6.07) is 4.67. The number of aliphatic hydroxyl groups is 1. The highest BCUT2D eigenvalue weighted by atomic mass is 19.1. The number of hydrogen-bond acceptors (Lipinski definition) is 7. The Bertz CT molecular complexity index is 928. The second kappa shape index (κ2) is 7.89. The van der Waals surface area contributed by atoms with Crippen LogP contribution in [0.4, 0.5) is 15.8 Å². The van der Waals surface area contributed by atoms with Gasteiger partial charge in [-0.15, -0.1) is 0 Å². The van der Waals surface area contributed by atoms with Gasteiger partial charge in [-0.1, -0.05) is 6.07 Å². The molecule has 3 N–H and O–H groups in total. The third-order valence-corrected chi connectivity index (χ3v) is 3.53. The van der Waals surface area contributed by atoms with Gasteiger partial charge in [-0.25, -0.2) is 19.8 Å². The lowest BCUT2D eigenvalue weighted by molar-refractivity contribution is 0.0243. The van der Waals surface area contributed by atoms with Crippen LogP contribution in [-0.4, -0.2) is 34.2 Å². The van der Waals surface area contributed by atoms with Crippen molar-refractivity contribution in [3.8, 4) is 0 Å². The smallest absolute Gasteiger partial charge is 0.312 e. The maximum absolute atomic E-state index is 14.2. The van der Waals surface area contributed by atoms with Gasteiger partial charge in [-0.2, -0.15) is 0 Å². The van der Waals surface area contributed by atoms with E-state index >= 15 is 0 Å². The van der Waals surface area contributed by atoms with Crippen molar-refractivity contribution in [2.45, 2.75) is 13.3 Å². The van der Waals surface area contributed by atoms with Crippen LogP contribution in [0.1, 0.15) is 22.5 Å². The first-order valence-corrected chi connectivity index (χ1v) is 7.89. The van der Waals surface area contributed by atoms with Gasteiger partial charge >= 0.3 is 5.91 Å². The van der Waals surface area contributed by atoms with Crippen LogP contribution in [-0.2, 0) is 4.84 Å². The number of nitrogens with one attached hydrogen (secondary N) is 2. The second-order valence-electron chi connectivity index (χ2n) is 5.51. The molecule has 0 unspecified atom stereocenters. The summed E-state index contributed by atoms with van der Waals surface area (Å²) in [5, 5.41) is 12.0. The Hall–Kier alpha value is -3.04. The lowest BCUT2D eigenvalue weighted by Crippen LogP contribution is -2.24. The Labute approximate surface area is 148 Å². The highest BCUT2D eigenvalue weighted by Gasteiger charge is 2.23. The number of fused-ring (bicyclic) bond motifs is 1. The third-order valence-electron chi connectivity index (χ3n) is 3.53. The lowest BCUT2D eigenvalue weighted by atomic mass is 10.2. The highest BCUT2D eigenvalue weighted by Crippen LogP contribution is 2.32. The maximum atomic E-state index is 14.2. The molecule has 0 aliphatic heterocycles. The minimum absolute atomic E-state index is 0.0599. The summed E-state index contributed by atoms with van der Waals surface area (Å²) in [5.41, 5.74) is 3.57. The topological polar surface area (TPSA) is 110 Å². The first-order chi connectivity index (χ1) is 12.6. The van der Waals surface area contributed by atoms with Crippen molar-refractivity contribution in [1.82, 2.24) is 15.4 Å².